The molecule has 0 radical (unpaired) electrons. The lowest BCUT2D eigenvalue weighted by Crippen LogP contribution is -2.32. The minimum absolute atomic E-state index is 0.0312. The zero-order valence-corrected chi connectivity index (χ0v) is 11.8. The van der Waals surface area contributed by atoms with Gasteiger partial charge in [0.05, 0.1) is 13.2 Å². The van der Waals surface area contributed by atoms with Gasteiger partial charge in [0.25, 0.3) is 0 Å². The average molecular weight is 289 g/mol. The van der Waals surface area contributed by atoms with E-state index in [1.165, 1.54) is 0 Å². The molecule has 0 aliphatic rings. The van der Waals surface area contributed by atoms with Crippen molar-refractivity contribution in [2.75, 3.05) is 6.61 Å². The van der Waals surface area contributed by atoms with Crippen LogP contribution in [0, 0.1) is 6.92 Å². The van der Waals surface area contributed by atoms with Crippen molar-refractivity contribution in [1.82, 2.24) is 15.5 Å². The quantitative estimate of drug-likeness (QED) is 0.672. The summed E-state index contributed by atoms with van der Waals surface area (Å²) in [6, 6.07) is 7.63. The summed E-state index contributed by atoms with van der Waals surface area (Å²) >= 11 is 0. The van der Waals surface area contributed by atoms with Gasteiger partial charge in [-0.05, 0) is 13.8 Å². The molecule has 2 rings (SSSR count). The van der Waals surface area contributed by atoms with Crippen LogP contribution < -0.4 is 5.32 Å². The number of esters is 1. The van der Waals surface area contributed by atoms with E-state index in [1.54, 1.807) is 6.92 Å². The van der Waals surface area contributed by atoms with E-state index >= 15 is 0 Å². The fraction of sp³-hybridized carbons (Fsp3) is 0.286. The fourth-order valence-electron chi connectivity index (χ4n) is 1.57. The summed E-state index contributed by atoms with van der Waals surface area (Å²) in [7, 11) is 0. The van der Waals surface area contributed by atoms with Crippen LogP contribution in [0.15, 0.2) is 28.8 Å². The SMILES string of the molecule is CCOC(=O)C(=O)NCc1nc(-c2ccc(C)cc2)no1. The van der Waals surface area contributed by atoms with Crippen molar-refractivity contribution < 1.29 is 18.8 Å². The summed E-state index contributed by atoms with van der Waals surface area (Å²) in [4.78, 5) is 26.6. The second-order valence-electron chi connectivity index (χ2n) is 4.28. The van der Waals surface area contributed by atoms with Gasteiger partial charge in [0, 0.05) is 5.56 Å². The van der Waals surface area contributed by atoms with Gasteiger partial charge in [-0.3, -0.25) is 4.79 Å². The van der Waals surface area contributed by atoms with E-state index in [0.717, 1.165) is 11.1 Å². The molecule has 0 atom stereocenters. The number of aromatic nitrogens is 2. The molecule has 1 heterocycles. The highest BCUT2D eigenvalue weighted by molar-refractivity contribution is 6.32. The number of nitrogens with zero attached hydrogens (tertiary/aromatic N) is 2. The lowest BCUT2D eigenvalue weighted by molar-refractivity contribution is -0.154. The zero-order valence-electron chi connectivity index (χ0n) is 11.8. The molecule has 0 aliphatic heterocycles. The van der Waals surface area contributed by atoms with E-state index in [4.69, 9.17) is 4.52 Å². The van der Waals surface area contributed by atoms with Crippen LogP contribution in [0.2, 0.25) is 0 Å². The van der Waals surface area contributed by atoms with Crippen LogP contribution in [-0.2, 0) is 20.9 Å². The van der Waals surface area contributed by atoms with Gasteiger partial charge >= 0.3 is 11.9 Å². The van der Waals surface area contributed by atoms with Crippen molar-refractivity contribution in [1.29, 1.82) is 0 Å². The molecule has 0 saturated heterocycles. The number of rotatable bonds is 4. The van der Waals surface area contributed by atoms with E-state index < -0.39 is 11.9 Å². The van der Waals surface area contributed by atoms with Gasteiger partial charge < -0.3 is 14.6 Å². The summed E-state index contributed by atoms with van der Waals surface area (Å²) in [5.41, 5.74) is 1.94. The van der Waals surface area contributed by atoms with Crippen LogP contribution in [0.3, 0.4) is 0 Å². The van der Waals surface area contributed by atoms with E-state index in [0.29, 0.717) is 5.82 Å². The third-order valence-electron chi connectivity index (χ3n) is 2.64. The zero-order chi connectivity index (χ0) is 15.2. The minimum atomic E-state index is -0.934. The van der Waals surface area contributed by atoms with E-state index in [-0.39, 0.29) is 19.0 Å². The summed E-state index contributed by atoms with van der Waals surface area (Å²) in [5, 5.41) is 6.17. The Balaban J connectivity index is 1.96. The first-order valence-corrected chi connectivity index (χ1v) is 6.44. The van der Waals surface area contributed by atoms with Crippen LogP contribution in [0.4, 0.5) is 0 Å². The van der Waals surface area contributed by atoms with Crippen LogP contribution in [0.25, 0.3) is 11.4 Å². The number of benzene rings is 1. The highest BCUT2D eigenvalue weighted by atomic mass is 16.5. The lowest BCUT2D eigenvalue weighted by atomic mass is 10.1. The lowest BCUT2D eigenvalue weighted by Gasteiger charge is -2.01. The normalized spacial score (nSPS) is 10.2. The molecule has 0 spiro atoms. The number of hydrogen-bond donors (Lipinski definition) is 1. The number of hydrogen-bond acceptors (Lipinski definition) is 6. The molecule has 0 aliphatic carbocycles. The third-order valence-corrected chi connectivity index (χ3v) is 2.64. The first-order valence-electron chi connectivity index (χ1n) is 6.44. The Morgan fingerprint density at radius 1 is 1.29 bits per heavy atom. The van der Waals surface area contributed by atoms with Crippen LogP contribution in [0.1, 0.15) is 18.4 Å². The van der Waals surface area contributed by atoms with E-state index in [2.05, 4.69) is 20.2 Å². The van der Waals surface area contributed by atoms with Crippen molar-refractivity contribution in [2.24, 2.45) is 0 Å². The maximum atomic E-state index is 11.3. The Labute approximate surface area is 121 Å². The summed E-state index contributed by atoms with van der Waals surface area (Å²) in [5.74, 6) is -1.14. The molecule has 1 aromatic carbocycles. The van der Waals surface area contributed by atoms with Gasteiger partial charge in [0.1, 0.15) is 0 Å². The molecule has 1 N–H and O–H groups in total. The third kappa shape index (κ3) is 3.88. The van der Waals surface area contributed by atoms with Crippen molar-refractivity contribution in [3.05, 3.63) is 35.7 Å². The second kappa shape index (κ2) is 6.65. The number of aryl methyl sites for hydroxylation is 1. The van der Waals surface area contributed by atoms with Crippen molar-refractivity contribution >= 4 is 11.9 Å². The molecule has 110 valence electrons. The molecular weight excluding hydrogens is 274 g/mol. The topological polar surface area (TPSA) is 94.3 Å². The summed E-state index contributed by atoms with van der Waals surface area (Å²) in [6.45, 7) is 3.72. The van der Waals surface area contributed by atoms with Gasteiger partial charge in [-0.15, -0.1) is 0 Å². The van der Waals surface area contributed by atoms with E-state index in [1.807, 2.05) is 31.2 Å². The Bertz CT molecular complexity index is 634. The van der Waals surface area contributed by atoms with Crippen LogP contribution in [-0.4, -0.2) is 28.6 Å². The largest absolute Gasteiger partial charge is 0.459 e. The molecular formula is C14H15N3O4. The standard InChI is InChI=1S/C14H15N3O4/c1-3-20-14(19)13(18)15-8-11-16-12(17-21-11)10-6-4-9(2)5-7-10/h4-7H,3,8H2,1-2H3,(H,15,18). The van der Waals surface area contributed by atoms with Crippen molar-refractivity contribution in [3.63, 3.8) is 0 Å². The van der Waals surface area contributed by atoms with Gasteiger partial charge in [0.2, 0.25) is 11.7 Å². The Kier molecular flexibility index (Phi) is 4.65. The van der Waals surface area contributed by atoms with Crippen molar-refractivity contribution in [2.45, 2.75) is 20.4 Å². The maximum absolute atomic E-state index is 11.3. The molecule has 0 bridgehead atoms. The smallest absolute Gasteiger partial charge is 0.396 e. The Morgan fingerprint density at radius 2 is 2.00 bits per heavy atom. The number of nitrogens with one attached hydrogen (secondary N) is 1. The molecule has 21 heavy (non-hydrogen) atoms. The maximum Gasteiger partial charge on any atom is 0.396 e. The molecule has 7 heteroatoms. The first kappa shape index (κ1) is 14.7. The molecule has 0 fully saturated rings. The number of ether oxygens (including phenoxy) is 1. The summed E-state index contributed by atoms with van der Waals surface area (Å²) in [6.07, 6.45) is 0. The predicted molar refractivity (Wildman–Crippen MR) is 73.0 cm³/mol. The Hall–Kier alpha value is -2.70. The van der Waals surface area contributed by atoms with Crippen LogP contribution >= 0.6 is 0 Å². The Morgan fingerprint density at radius 3 is 2.67 bits per heavy atom. The highest BCUT2D eigenvalue weighted by Crippen LogP contribution is 2.16. The molecule has 0 saturated carbocycles. The van der Waals surface area contributed by atoms with Gasteiger partial charge in [-0.2, -0.15) is 4.98 Å². The molecule has 2 aromatic rings. The van der Waals surface area contributed by atoms with Gasteiger partial charge in [0.15, 0.2) is 0 Å². The number of carbonyl (C=O) groups is 2. The predicted octanol–water partition coefficient (Wildman–Crippen LogP) is 1.22. The van der Waals surface area contributed by atoms with Crippen LogP contribution in [0.5, 0.6) is 0 Å². The summed E-state index contributed by atoms with van der Waals surface area (Å²) < 4.78 is 9.57. The highest BCUT2D eigenvalue weighted by Gasteiger charge is 2.16. The first-order chi connectivity index (χ1) is 10.1. The van der Waals surface area contributed by atoms with Crippen molar-refractivity contribution in [3.8, 4) is 11.4 Å². The molecule has 1 amide bonds. The molecule has 1 aromatic heterocycles. The monoisotopic (exact) mass is 289 g/mol. The molecule has 0 unspecified atom stereocenters. The van der Waals surface area contributed by atoms with Gasteiger partial charge in [-0.1, -0.05) is 35.0 Å². The second-order valence-corrected chi connectivity index (χ2v) is 4.28. The minimum Gasteiger partial charge on any atom is -0.459 e. The molecule has 7 nitrogen and oxygen atoms in total. The number of amides is 1. The fourth-order valence-corrected chi connectivity index (χ4v) is 1.57. The van der Waals surface area contributed by atoms with E-state index in [9.17, 15) is 9.59 Å². The average Bonchev–Trinajstić information content (AvgIpc) is 2.94. The van der Waals surface area contributed by atoms with Gasteiger partial charge in [-0.25, -0.2) is 4.79 Å². The number of carbonyl (C=O) groups excluding carboxylic acids is 2.